The predicted molar refractivity (Wildman–Crippen MR) is 131 cm³/mol. The number of esters is 1. The lowest BCUT2D eigenvalue weighted by atomic mass is 10.0. The van der Waals surface area contributed by atoms with E-state index in [0.717, 1.165) is 18.6 Å². The zero-order chi connectivity index (χ0) is 24.4. The van der Waals surface area contributed by atoms with Crippen molar-refractivity contribution in [2.45, 2.75) is 55.7 Å². The molecule has 3 rings (SSSR count). The maximum atomic E-state index is 13.4. The fourth-order valence-corrected chi connectivity index (χ4v) is 5.82. The molecule has 1 aliphatic rings. The molecule has 0 aromatic heterocycles. The maximum absolute atomic E-state index is 13.4. The summed E-state index contributed by atoms with van der Waals surface area (Å²) in [6, 6.07) is 15.4. The van der Waals surface area contributed by atoms with Crippen molar-refractivity contribution in [2.75, 3.05) is 32.9 Å². The van der Waals surface area contributed by atoms with Gasteiger partial charge in [0.15, 0.2) is 9.84 Å². The number of carbonyl (C=O) groups excluding carboxylic acids is 1. The van der Waals surface area contributed by atoms with Crippen molar-refractivity contribution in [3.63, 3.8) is 0 Å². The van der Waals surface area contributed by atoms with Crippen LogP contribution in [-0.2, 0) is 19.4 Å². The molecule has 186 valence electrons. The fourth-order valence-electron chi connectivity index (χ4n) is 4.06. The molecular formula is C26H35NO6S. The normalized spacial score (nSPS) is 18.9. The van der Waals surface area contributed by atoms with Crippen LogP contribution in [0.15, 0.2) is 59.5 Å². The van der Waals surface area contributed by atoms with Crippen LogP contribution in [0.5, 0.6) is 11.5 Å². The van der Waals surface area contributed by atoms with Crippen LogP contribution in [0.2, 0.25) is 0 Å². The van der Waals surface area contributed by atoms with Gasteiger partial charge < -0.3 is 14.2 Å². The number of carbonyl (C=O) groups is 1. The Morgan fingerprint density at radius 3 is 2.32 bits per heavy atom. The first-order valence-corrected chi connectivity index (χ1v) is 13.6. The second kappa shape index (κ2) is 12.8. The number of likely N-dealkylation sites (tertiary alicyclic amines) is 1. The molecule has 2 unspecified atom stereocenters. The lowest BCUT2D eigenvalue weighted by Crippen LogP contribution is -2.52. The van der Waals surface area contributed by atoms with Gasteiger partial charge in [-0.3, -0.25) is 9.69 Å². The molecule has 0 bridgehead atoms. The Hall–Kier alpha value is -2.58. The molecule has 1 heterocycles. The number of ether oxygens (including phenoxy) is 3. The highest BCUT2D eigenvalue weighted by Crippen LogP contribution is 2.29. The minimum absolute atomic E-state index is 0.196. The zero-order valence-corrected chi connectivity index (χ0v) is 20.8. The van der Waals surface area contributed by atoms with Gasteiger partial charge in [0.2, 0.25) is 0 Å². The molecule has 0 saturated carbocycles. The van der Waals surface area contributed by atoms with Gasteiger partial charge in [-0.1, -0.05) is 31.5 Å². The molecule has 1 saturated heterocycles. The van der Waals surface area contributed by atoms with Gasteiger partial charge in [0.25, 0.3) is 0 Å². The van der Waals surface area contributed by atoms with Crippen LogP contribution in [0.1, 0.15) is 39.5 Å². The molecule has 0 radical (unpaired) electrons. The molecule has 34 heavy (non-hydrogen) atoms. The van der Waals surface area contributed by atoms with Crippen LogP contribution < -0.4 is 9.47 Å². The van der Waals surface area contributed by atoms with E-state index in [2.05, 4.69) is 6.92 Å². The SMILES string of the molecule is CCCCOc1ccc(S(=O)(=O)C2CCN(CCOc3ccccc3)C(C(=O)OCC)C2)cc1. The van der Waals surface area contributed by atoms with E-state index in [1.165, 1.54) is 0 Å². The Balaban J connectivity index is 1.65. The third kappa shape index (κ3) is 6.96. The summed E-state index contributed by atoms with van der Waals surface area (Å²) in [5, 5.41) is -0.653. The van der Waals surface area contributed by atoms with Crippen molar-refractivity contribution in [1.29, 1.82) is 0 Å². The number of hydrogen-bond donors (Lipinski definition) is 0. The van der Waals surface area contributed by atoms with E-state index in [9.17, 15) is 13.2 Å². The molecule has 0 N–H and O–H groups in total. The van der Waals surface area contributed by atoms with E-state index in [0.29, 0.717) is 38.5 Å². The zero-order valence-electron chi connectivity index (χ0n) is 20.0. The van der Waals surface area contributed by atoms with Crippen molar-refractivity contribution in [3.8, 4) is 11.5 Å². The predicted octanol–water partition coefficient (Wildman–Crippen LogP) is 4.11. The number of hydrogen-bond acceptors (Lipinski definition) is 7. The molecule has 1 fully saturated rings. The number of benzene rings is 2. The van der Waals surface area contributed by atoms with Crippen LogP contribution in [0, 0.1) is 0 Å². The third-order valence-electron chi connectivity index (χ3n) is 5.97. The molecule has 2 atom stereocenters. The smallest absolute Gasteiger partial charge is 0.323 e. The molecule has 0 amide bonds. The molecule has 8 heteroatoms. The number of para-hydroxylation sites is 1. The topological polar surface area (TPSA) is 82.1 Å². The van der Waals surface area contributed by atoms with Gasteiger partial charge in [-0.15, -0.1) is 0 Å². The molecule has 2 aromatic carbocycles. The highest BCUT2D eigenvalue weighted by atomic mass is 32.2. The summed E-state index contributed by atoms with van der Waals surface area (Å²) in [7, 11) is -3.59. The van der Waals surface area contributed by atoms with Crippen molar-refractivity contribution in [3.05, 3.63) is 54.6 Å². The average molecular weight is 490 g/mol. The minimum Gasteiger partial charge on any atom is -0.494 e. The summed E-state index contributed by atoms with van der Waals surface area (Å²) in [5.41, 5.74) is 0. The fraction of sp³-hybridized carbons (Fsp3) is 0.500. The van der Waals surface area contributed by atoms with Crippen LogP contribution in [-0.4, -0.2) is 63.5 Å². The minimum atomic E-state index is -3.59. The van der Waals surface area contributed by atoms with Gasteiger partial charge in [0.05, 0.1) is 23.4 Å². The second-order valence-corrected chi connectivity index (χ2v) is 10.6. The Labute approximate surface area is 202 Å². The second-order valence-electron chi connectivity index (χ2n) is 8.33. The van der Waals surface area contributed by atoms with E-state index in [1.807, 2.05) is 35.2 Å². The summed E-state index contributed by atoms with van der Waals surface area (Å²) < 4.78 is 43.4. The molecular weight excluding hydrogens is 454 g/mol. The first kappa shape index (κ1) is 26.0. The van der Waals surface area contributed by atoms with Gasteiger partial charge in [0, 0.05) is 13.1 Å². The van der Waals surface area contributed by atoms with Gasteiger partial charge in [-0.05, 0) is 62.6 Å². The number of rotatable bonds is 12. The maximum Gasteiger partial charge on any atom is 0.323 e. The Kier molecular flexibility index (Phi) is 9.77. The Morgan fingerprint density at radius 2 is 1.65 bits per heavy atom. The standard InChI is InChI=1S/C26H35NO6S/c1-3-5-18-32-22-11-13-23(14-12-22)34(29,30)24-15-16-27(25(20-24)26(28)31-4-2)17-19-33-21-9-7-6-8-10-21/h6-14,24-25H,3-5,15-20H2,1-2H3. The summed E-state index contributed by atoms with van der Waals surface area (Å²) in [5.74, 6) is 1.03. The van der Waals surface area contributed by atoms with Crippen LogP contribution in [0.4, 0.5) is 0 Å². The van der Waals surface area contributed by atoms with Gasteiger partial charge in [-0.25, -0.2) is 8.42 Å². The number of sulfone groups is 1. The number of unbranched alkanes of at least 4 members (excludes halogenated alkanes) is 1. The van der Waals surface area contributed by atoms with E-state index >= 15 is 0 Å². The first-order valence-electron chi connectivity index (χ1n) is 12.0. The lowest BCUT2D eigenvalue weighted by Gasteiger charge is -2.37. The van der Waals surface area contributed by atoms with Gasteiger partial charge in [0.1, 0.15) is 24.1 Å². The van der Waals surface area contributed by atoms with Crippen molar-refractivity contribution >= 4 is 15.8 Å². The summed E-state index contributed by atoms with van der Waals surface area (Å²) in [6.07, 6.45) is 2.62. The summed E-state index contributed by atoms with van der Waals surface area (Å²) >= 11 is 0. The number of piperidine rings is 1. The van der Waals surface area contributed by atoms with Crippen LogP contribution >= 0.6 is 0 Å². The number of nitrogens with zero attached hydrogens (tertiary/aromatic N) is 1. The van der Waals surface area contributed by atoms with Crippen LogP contribution in [0.3, 0.4) is 0 Å². The van der Waals surface area contributed by atoms with E-state index in [-0.39, 0.29) is 23.9 Å². The van der Waals surface area contributed by atoms with E-state index in [4.69, 9.17) is 14.2 Å². The summed E-state index contributed by atoms with van der Waals surface area (Å²) in [6.45, 7) is 6.08. The van der Waals surface area contributed by atoms with Crippen molar-refractivity contribution in [1.82, 2.24) is 4.90 Å². The molecule has 2 aromatic rings. The van der Waals surface area contributed by atoms with Gasteiger partial charge >= 0.3 is 5.97 Å². The highest BCUT2D eigenvalue weighted by molar-refractivity contribution is 7.92. The van der Waals surface area contributed by atoms with Crippen molar-refractivity contribution < 1.29 is 27.4 Å². The van der Waals surface area contributed by atoms with Crippen molar-refractivity contribution in [2.24, 2.45) is 0 Å². The molecule has 0 spiro atoms. The molecule has 7 nitrogen and oxygen atoms in total. The first-order chi connectivity index (χ1) is 16.5. The van der Waals surface area contributed by atoms with Gasteiger partial charge in [-0.2, -0.15) is 0 Å². The molecule has 0 aliphatic carbocycles. The summed E-state index contributed by atoms with van der Waals surface area (Å²) in [4.78, 5) is 14.9. The third-order valence-corrected chi connectivity index (χ3v) is 8.21. The monoisotopic (exact) mass is 489 g/mol. The van der Waals surface area contributed by atoms with E-state index < -0.39 is 21.1 Å². The average Bonchev–Trinajstić information content (AvgIpc) is 2.85. The van der Waals surface area contributed by atoms with E-state index in [1.54, 1.807) is 31.2 Å². The lowest BCUT2D eigenvalue weighted by molar-refractivity contribution is -0.150. The Bertz CT molecular complexity index is 994. The largest absolute Gasteiger partial charge is 0.494 e. The highest BCUT2D eigenvalue weighted by Gasteiger charge is 2.40. The quantitative estimate of drug-likeness (QED) is 0.328. The van der Waals surface area contributed by atoms with Crippen LogP contribution in [0.25, 0.3) is 0 Å². The molecule has 1 aliphatic heterocycles. The Morgan fingerprint density at radius 1 is 0.971 bits per heavy atom.